The standard InChI is InChI=1S/C9H8Cl2N4.C5H4Cl2N2O2S.C5H8N2/c1-5-3-6(2)15(14-5)9-12-7(10)4-8(11)13-9;1-12(10,11)5-8-3(6)2-4(7)9-5;1-4-3-5(2)7-6-4/h3-4H,1-2H3;2H,1H3;3H,1-2H3,(H,6,7). The third kappa shape index (κ3) is 8.80. The van der Waals surface area contributed by atoms with Gasteiger partial charge >= 0.3 is 0 Å². The van der Waals surface area contributed by atoms with Gasteiger partial charge in [0.1, 0.15) is 20.6 Å². The highest BCUT2D eigenvalue weighted by Crippen LogP contribution is 2.16. The van der Waals surface area contributed by atoms with Crippen molar-refractivity contribution in [1.29, 1.82) is 0 Å². The fraction of sp³-hybridized carbons (Fsp3) is 0.263. The molecule has 0 saturated carbocycles. The summed E-state index contributed by atoms with van der Waals surface area (Å²) in [7, 11) is -3.44. The molecule has 4 aromatic heterocycles. The number of hydrogen-bond donors (Lipinski definition) is 1. The quantitative estimate of drug-likeness (QED) is 0.271. The number of nitrogens with zero attached hydrogens (tertiary/aromatic N) is 7. The average Bonchev–Trinajstić information content (AvgIpc) is 3.23. The lowest BCUT2D eigenvalue weighted by Gasteiger charge is -2.02. The molecular weight excluding hydrogens is 546 g/mol. The normalized spacial score (nSPS) is 10.7. The van der Waals surface area contributed by atoms with Gasteiger partial charge in [-0.05, 0) is 39.8 Å². The van der Waals surface area contributed by atoms with E-state index in [0.29, 0.717) is 16.3 Å². The van der Waals surface area contributed by atoms with Crippen LogP contribution in [0.1, 0.15) is 22.8 Å². The zero-order valence-electron chi connectivity index (χ0n) is 18.7. The topological polar surface area (TPSA) is 132 Å². The Morgan fingerprint density at radius 3 is 1.59 bits per heavy atom. The first-order valence-corrected chi connectivity index (χ1v) is 12.8. The molecule has 4 heterocycles. The number of nitrogens with one attached hydrogen (secondary N) is 1. The largest absolute Gasteiger partial charge is 0.283 e. The number of rotatable bonds is 2. The Morgan fingerprint density at radius 1 is 0.765 bits per heavy atom. The Labute approximate surface area is 216 Å². The second-order valence-corrected chi connectivity index (χ2v) is 10.4. The van der Waals surface area contributed by atoms with E-state index in [-0.39, 0.29) is 15.5 Å². The lowest BCUT2D eigenvalue weighted by Crippen LogP contribution is -2.05. The molecule has 0 bridgehead atoms. The van der Waals surface area contributed by atoms with Gasteiger partial charge in [-0.25, -0.2) is 23.1 Å². The molecule has 0 radical (unpaired) electrons. The maximum atomic E-state index is 10.9. The molecule has 0 aromatic carbocycles. The summed E-state index contributed by atoms with van der Waals surface area (Å²) >= 11 is 22.5. The number of halogens is 4. The van der Waals surface area contributed by atoms with Gasteiger partial charge in [0.2, 0.25) is 15.0 Å². The van der Waals surface area contributed by atoms with Crippen molar-refractivity contribution in [3.05, 3.63) is 67.7 Å². The zero-order valence-corrected chi connectivity index (χ0v) is 22.5. The van der Waals surface area contributed by atoms with Gasteiger partial charge in [-0.2, -0.15) is 20.2 Å². The van der Waals surface area contributed by atoms with Crippen molar-refractivity contribution in [3.63, 3.8) is 0 Å². The number of aromatic nitrogens is 8. The van der Waals surface area contributed by atoms with Crippen LogP contribution in [-0.4, -0.2) is 54.6 Å². The first-order valence-electron chi connectivity index (χ1n) is 9.37. The van der Waals surface area contributed by atoms with Crippen molar-refractivity contribution in [2.45, 2.75) is 32.9 Å². The van der Waals surface area contributed by atoms with E-state index in [1.165, 1.54) is 12.1 Å². The van der Waals surface area contributed by atoms with E-state index in [1.807, 2.05) is 39.8 Å². The van der Waals surface area contributed by atoms with Gasteiger partial charge in [0.25, 0.3) is 5.95 Å². The van der Waals surface area contributed by atoms with Gasteiger partial charge in [0.15, 0.2) is 0 Å². The predicted molar refractivity (Wildman–Crippen MR) is 132 cm³/mol. The van der Waals surface area contributed by atoms with E-state index in [2.05, 4.69) is 35.2 Å². The van der Waals surface area contributed by atoms with Crippen LogP contribution in [0.3, 0.4) is 0 Å². The first kappa shape index (κ1) is 27.9. The molecule has 15 heteroatoms. The highest BCUT2D eigenvalue weighted by Gasteiger charge is 2.12. The van der Waals surface area contributed by atoms with Crippen LogP contribution in [0.2, 0.25) is 20.6 Å². The molecule has 0 saturated heterocycles. The molecule has 0 aliphatic rings. The van der Waals surface area contributed by atoms with E-state index in [9.17, 15) is 8.42 Å². The summed E-state index contributed by atoms with van der Waals surface area (Å²) in [4.78, 5) is 15.1. The molecule has 0 atom stereocenters. The summed E-state index contributed by atoms with van der Waals surface area (Å²) < 4.78 is 23.4. The van der Waals surface area contributed by atoms with Gasteiger partial charge in [-0.3, -0.25) is 5.10 Å². The zero-order chi connectivity index (χ0) is 25.6. The minimum absolute atomic E-state index is 0.00965. The third-order valence-electron chi connectivity index (χ3n) is 3.66. The van der Waals surface area contributed by atoms with E-state index in [0.717, 1.165) is 29.0 Å². The Bertz CT molecular complexity index is 1330. The molecule has 4 rings (SSSR count). The fourth-order valence-corrected chi connectivity index (χ4v) is 3.86. The van der Waals surface area contributed by atoms with Crippen LogP contribution in [-0.2, 0) is 9.84 Å². The van der Waals surface area contributed by atoms with Crippen molar-refractivity contribution < 1.29 is 8.42 Å². The van der Waals surface area contributed by atoms with Crippen LogP contribution < -0.4 is 0 Å². The van der Waals surface area contributed by atoms with Crippen molar-refractivity contribution in [3.8, 4) is 5.95 Å². The molecule has 0 unspecified atom stereocenters. The van der Waals surface area contributed by atoms with Crippen LogP contribution in [0.15, 0.2) is 29.4 Å². The molecule has 182 valence electrons. The summed E-state index contributed by atoms with van der Waals surface area (Å²) in [6.07, 6.45) is 0.981. The summed E-state index contributed by atoms with van der Waals surface area (Å²) in [5.74, 6) is 0.387. The van der Waals surface area contributed by atoms with Crippen LogP contribution >= 0.6 is 46.4 Å². The summed E-state index contributed by atoms with van der Waals surface area (Å²) in [5.41, 5.74) is 4.01. The lowest BCUT2D eigenvalue weighted by atomic mass is 10.4. The lowest BCUT2D eigenvalue weighted by molar-refractivity contribution is 0.593. The Kier molecular flexibility index (Phi) is 9.77. The van der Waals surface area contributed by atoms with Gasteiger partial charge in [-0.15, -0.1) is 0 Å². The van der Waals surface area contributed by atoms with Crippen LogP contribution in [0.5, 0.6) is 0 Å². The minimum Gasteiger partial charge on any atom is -0.283 e. The molecular formula is C19H20Cl4N8O2S. The second kappa shape index (κ2) is 11.9. The number of aryl methyl sites for hydroxylation is 4. The van der Waals surface area contributed by atoms with Crippen molar-refractivity contribution >= 4 is 56.2 Å². The van der Waals surface area contributed by atoms with Crippen LogP contribution in [0.4, 0.5) is 0 Å². The summed E-state index contributed by atoms with van der Waals surface area (Å²) in [6.45, 7) is 7.76. The number of sulfone groups is 1. The molecule has 0 amide bonds. The summed E-state index contributed by atoms with van der Waals surface area (Å²) in [5, 5.41) is 11.2. The summed E-state index contributed by atoms with van der Waals surface area (Å²) in [6, 6.07) is 6.67. The Balaban J connectivity index is 0.000000192. The fourth-order valence-electron chi connectivity index (χ4n) is 2.40. The van der Waals surface area contributed by atoms with Gasteiger partial charge in [-0.1, -0.05) is 46.4 Å². The maximum Gasteiger partial charge on any atom is 0.253 e. The van der Waals surface area contributed by atoms with Crippen molar-refractivity contribution in [2.24, 2.45) is 0 Å². The number of hydrogen-bond acceptors (Lipinski definition) is 8. The minimum atomic E-state index is -3.44. The second-order valence-electron chi connectivity index (χ2n) is 6.91. The van der Waals surface area contributed by atoms with E-state index in [1.54, 1.807) is 4.68 Å². The molecule has 0 spiro atoms. The SMILES string of the molecule is CS(=O)(=O)c1nc(Cl)cc(Cl)n1.Cc1cc(C)[nH]n1.Cc1cc(C)n(-c2nc(Cl)cc(Cl)n2)n1. The van der Waals surface area contributed by atoms with Gasteiger partial charge < -0.3 is 0 Å². The predicted octanol–water partition coefficient (Wildman–Crippen LogP) is 4.80. The van der Waals surface area contributed by atoms with Crippen molar-refractivity contribution in [2.75, 3.05) is 6.26 Å². The third-order valence-corrected chi connectivity index (χ3v) is 5.28. The van der Waals surface area contributed by atoms with Gasteiger partial charge in [0.05, 0.1) is 11.4 Å². The monoisotopic (exact) mass is 564 g/mol. The molecule has 1 N–H and O–H groups in total. The average molecular weight is 566 g/mol. The highest BCUT2D eigenvalue weighted by atomic mass is 35.5. The first-order chi connectivity index (χ1) is 15.7. The van der Waals surface area contributed by atoms with Crippen molar-refractivity contribution in [1.82, 2.24) is 39.9 Å². The van der Waals surface area contributed by atoms with Crippen LogP contribution in [0, 0.1) is 27.7 Å². The Morgan fingerprint density at radius 2 is 1.26 bits per heavy atom. The molecule has 34 heavy (non-hydrogen) atoms. The smallest absolute Gasteiger partial charge is 0.253 e. The number of aromatic amines is 1. The molecule has 10 nitrogen and oxygen atoms in total. The Hall–Kier alpha value is -2.31. The van der Waals surface area contributed by atoms with E-state index in [4.69, 9.17) is 46.4 Å². The molecule has 4 aromatic rings. The molecule has 0 fully saturated rings. The number of H-pyrrole nitrogens is 1. The molecule has 0 aliphatic carbocycles. The maximum absolute atomic E-state index is 10.9. The van der Waals surface area contributed by atoms with Gasteiger partial charge in [0, 0.05) is 29.8 Å². The molecule has 0 aliphatic heterocycles. The highest BCUT2D eigenvalue weighted by molar-refractivity contribution is 7.90. The van der Waals surface area contributed by atoms with E-state index < -0.39 is 9.84 Å². The van der Waals surface area contributed by atoms with Crippen LogP contribution in [0.25, 0.3) is 5.95 Å². The van der Waals surface area contributed by atoms with E-state index >= 15 is 0 Å².